The van der Waals surface area contributed by atoms with Gasteiger partial charge in [-0.25, -0.2) is 0 Å². The van der Waals surface area contributed by atoms with Crippen LogP contribution in [-0.2, 0) is 0 Å². The fraction of sp³-hybridized carbons (Fsp3) is 0.667. The molecule has 0 amide bonds. The van der Waals surface area contributed by atoms with Crippen molar-refractivity contribution in [1.29, 1.82) is 0 Å². The fourth-order valence-corrected chi connectivity index (χ4v) is 0.588. The van der Waals surface area contributed by atoms with E-state index in [0.717, 1.165) is 6.92 Å². The van der Waals surface area contributed by atoms with E-state index >= 15 is 0 Å². The van der Waals surface area contributed by atoms with Crippen LogP contribution in [-0.4, -0.2) is 23.5 Å². The molecule has 0 aromatic carbocycles. The number of thiocarbonyl (C=S) groups is 1. The Morgan fingerprint density at radius 1 is 1.46 bits per heavy atom. The third kappa shape index (κ3) is 5.40. The molecule has 0 aliphatic rings. The highest BCUT2D eigenvalue weighted by Gasteiger charge is 2.32. The molecule has 7 heteroatoms. The van der Waals surface area contributed by atoms with Crippen LogP contribution >= 0.6 is 12.2 Å². The minimum absolute atomic E-state index is 0.0751. The quantitative estimate of drug-likeness (QED) is 0.413. The first-order chi connectivity index (χ1) is 5.88. The van der Waals surface area contributed by atoms with Crippen molar-refractivity contribution in [3.05, 3.63) is 0 Å². The van der Waals surface area contributed by atoms with Crippen LogP contribution in [0.2, 0.25) is 0 Å². The lowest BCUT2D eigenvalue weighted by atomic mass is 10.4. The Balaban J connectivity index is 4.05. The van der Waals surface area contributed by atoms with E-state index in [2.05, 4.69) is 28.1 Å². The SMILES string of the molecule is CCNC(=S)N/N=C(\C)C(F)(F)F. The van der Waals surface area contributed by atoms with Crippen LogP contribution in [0.25, 0.3) is 0 Å². The highest BCUT2D eigenvalue weighted by molar-refractivity contribution is 7.80. The number of alkyl halides is 3. The van der Waals surface area contributed by atoms with Crippen LogP contribution in [0.5, 0.6) is 0 Å². The second-order valence-electron chi connectivity index (χ2n) is 2.17. The zero-order valence-corrected chi connectivity index (χ0v) is 8.01. The van der Waals surface area contributed by atoms with Crippen molar-refractivity contribution in [3.63, 3.8) is 0 Å². The molecule has 0 fully saturated rings. The van der Waals surface area contributed by atoms with Crippen LogP contribution in [0.1, 0.15) is 13.8 Å². The zero-order valence-electron chi connectivity index (χ0n) is 7.20. The predicted octanol–water partition coefficient (Wildman–Crippen LogP) is 1.41. The third-order valence-corrected chi connectivity index (χ3v) is 1.31. The summed E-state index contributed by atoms with van der Waals surface area (Å²) in [5.74, 6) is 0. The summed E-state index contributed by atoms with van der Waals surface area (Å²) >= 11 is 4.60. The number of hydrazone groups is 1. The summed E-state index contributed by atoms with van der Waals surface area (Å²) in [5, 5.41) is 5.73. The average Bonchev–Trinajstić information content (AvgIpc) is 1.99. The van der Waals surface area contributed by atoms with Crippen molar-refractivity contribution >= 4 is 23.0 Å². The van der Waals surface area contributed by atoms with Crippen LogP contribution < -0.4 is 10.7 Å². The van der Waals surface area contributed by atoms with Crippen LogP contribution in [0.15, 0.2) is 5.10 Å². The molecular formula is C6H10F3N3S. The van der Waals surface area contributed by atoms with Gasteiger partial charge in [-0.05, 0) is 26.1 Å². The van der Waals surface area contributed by atoms with Crippen LogP contribution in [0, 0.1) is 0 Å². The molecule has 0 rings (SSSR count). The maximum atomic E-state index is 11.9. The number of nitrogens with one attached hydrogen (secondary N) is 2. The third-order valence-electron chi connectivity index (χ3n) is 1.07. The number of rotatable bonds is 2. The van der Waals surface area contributed by atoms with Gasteiger partial charge in [-0.15, -0.1) is 0 Å². The molecule has 0 saturated heterocycles. The van der Waals surface area contributed by atoms with E-state index in [1.54, 1.807) is 6.92 Å². The molecule has 0 spiro atoms. The molecule has 0 heterocycles. The van der Waals surface area contributed by atoms with Gasteiger partial charge in [0.15, 0.2) is 5.11 Å². The van der Waals surface area contributed by atoms with Gasteiger partial charge in [-0.2, -0.15) is 18.3 Å². The molecule has 0 aliphatic heterocycles. The summed E-state index contributed by atoms with van der Waals surface area (Å²) in [7, 11) is 0. The number of nitrogens with zero attached hydrogens (tertiary/aromatic N) is 1. The smallest absolute Gasteiger partial charge is 0.362 e. The molecule has 0 aliphatic carbocycles. The van der Waals surface area contributed by atoms with Crippen molar-refractivity contribution in [2.24, 2.45) is 5.10 Å². The lowest BCUT2D eigenvalue weighted by Gasteiger charge is -2.07. The maximum absolute atomic E-state index is 11.9. The molecule has 0 aromatic rings. The Morgan fingerprint density at radius 3 is 2.38 bits per heavy atom. The van der Waals surface area contributed by atoms with Crippen molar-refractivity contribution in [2.75, 3.05) is 6.54 Å². The van der Waals surface area contributed by atoms with E-state index in [9.17, 15) is 13.2 Å². The normalized spacial score (nSPS) is 12.5. The minimum atomic E-state index is -4.41. The molecular weight excluding hydrogens is 203 g/mol. The Morgan fingerprint density at radius 2 is 2.00 bits per heavy atom. The molecule has 0 unspecified atom stereocenters. The van der Waals surface area contributed by atoms with E-state index in [1.807, 2.05) is 0 Å². The van der Waals surface area contributed by atoms with Crippen molar-refractivity contribution in [3.8, 4) is 0 Å². The summed E-state index contributed by atoms with van der Waals surface area (Å²) in [6.07, 6.45) is -4.41. The number of hydrogen-bond acceptors (Lipinski definition) is 2. The molecule has 0 aromatic heterocycles. The predicted molar refractivity (Wildman–Crippen MR) is 48.6 cm³/mol. The topological polar surface area (TPSA) is 36.4 Å². The monoisotopic (exact) mass is 213 g/mol. The maximum Gasteiger partial charge on any atom is 0.430 e. The van der Waals surface area contributed by atoms with E-state index in [-0.39, 0.29) is 5.11 Å². The first-order valence-corrected chi connectivity index (χ1v) is 3.94. The second kappa shape index (κ2) is 5.00. The van der Waals surface area contributed by atoms with E-state index in [0.29, 0.717) is 6.54 Å². The van der Waals surface area contributed by atoms with Crippen molar-refractivity contribution in [1.82, 2.24) is 10.7 Å². The molecule has 0 saturated carbocycles. The lowest BCUT2D eigenvalue weighted by Crippen LogP contribution is -2.33. The molecule has 3 nitrogen and oxygen atoms in total. The fourth-order valence-electron chi connectivity index (χ4n) is 0.398. The van der Waals surface area contributed by atoms with Gasteiger partial charge >= 0.3 is 6.18 Å². The molecule has 0 atom stereocenters. The Bertz CT molecular complexity index is 212. The van der Waals surface area contributed by atoms with Gasteiger partial charge in [0, 0.05) is 6.54 Å². The first-order valence-electron chi connectivity index (χ1n) is 3.53. The van der Waals surface area contributed by atoms with Crippen LogP contribution in [0.4, 0.5) is 13.2 Å². The van der Waals surface area contributed by atoms with E-state index in [4.69, 9.17) is 0 Å². The highest BCUT2D eigenvalue weighted by atomic mass is 32.1. The van der Waals surface area contributed by atoms with Gasteiger partial charge in [-0.1, -0.05) is 0 Å². The summed E-state index contributed by atoms with van der Waals surface area (Å²) < 4.78 is 35.6. The Hall–Kier alpha value is -0.850. The van der Waals surface area contributed by atoms with Gasteiger partial charge in [0.05, 0.1) is 0 Å². The van der Waals surface area contributed by atoms with E-state index in [1.165, 1.54) is 0 Å². The van der Waals surface area contributed by atoms with Gasteiger partial charge in [0.1, 0.15) is 5.71 Å². The minimum Gasteiger partial charge on any atom is -0.362 e. The summed E-state index contributed by atoms with van der Waals surface area (Å²) in [4.78, 5) is 0. The molecule has 13 heavy (non-hydrogen) atoms. The van der Waals surface area contributed by atoms with Gasteiger partial charge in [0.2, 0.25) is 0 Å². The van der Waals surface area contributed by atoms with Gasteiger partial charge in [0.25, 0.3) is 0 Å². The van der Waals surface area contributed by atoms with Crippen molar-refractivity contribution < 1.29 is 13.2 Å². The first kappa shape index (κ1) is 12.2. The zero-order chi connectivity index (χ0) is 10.5. The van der Waals surface area contributed by atoms with Crippen LogP contribution in [0.3, 0.4) is 0 Å². The molecule has 2 N–H and O–H groups in total. The standard InChI is InChI=1S/C6H10F3N3S/c1-3-10-5(13)12-11-4(2)6(7,8)9/h3H2,1-2H3,(H2,10,12,13)/b11-4+. The van der Waals surface area contributed by atoms with Gasteiger partial charge in [-0.3, -0.25) is 5.43 Å². The van der Waals surface area contributed by atoms with Crippen molar-refractivity contribution in [2.45, 2.75) is 20.0 Å². The molecule has 0 radical (unpaired) electrons. The Kier molecular flexibility index (Phi) is 4.68. The lowest BCUT2D eigenvalue weighted by molar-refractivity contribution is -0.0595. The average molecular weight is 213 g/mol. The number of halogens is 3. The largest absolute Gasteiger partial charge is 0.430 e. The second-order valence-corrected chi connectivity index (χ2v) is 2.57. The molecule has 0 bridgehead atoms. The summed E-state index contributed by atoms with van der Waals surface area (Å²) in [5.41, 5.74) is 1.11. The van der Waals surface area contributed by atoms with Gasteiger partial charge < -0.3 is 5.32 Å². The van der Waals surface area contributed by atoms with E-state index < -0.39 is 11.9 Å². The summed E-state index contributed by atoms with van der Waals surface area (Å²) in [6, 6.07) is 0. The summed E-state index contributed by atoms with van der Waals surface area (Å²) in [6.45, 7) is 3.17. The Labute approximate surface area is 79.4 Å². The molecule has 76 valence electrons. The number of hydrogen-bond donors (Lipinski definition) is 2. The highest BCUT2D eigenvalue weighted by Crippen LogP contribution is 2.16.